The zero-order valence-electron chi connectivity index (χ0n) is 23.6. The quantitative estimate of drug-likeness (QED) is 0.200. The molecule has 0 bridgehead atoms. The van der Waals surface area contributed by atoms with Gasteiger partial charge in [0, 0.05) is 30.7 Å². The molecule has 0 saturated heterocycles. The molecule has 41 heavy (non-hydrogen) atoms. The van der Waals surface area contributed by atoms with Crippen molar-refractivity contribution in [3.8, 4) is 0 Å². The van der Waals surface area contributed by atoms with Crippen LogP contribution in [0.2, 0.25) is 0 Å². The number of nitrogens with zero attached hydrogens (tertiary/aromatic N) is 5. The van der Waals surface area contributed by atoms with Gasteiger partial charge in [0.05, 0.1) is 0 Å². The van der Waals surface area contributed by atoms with E-state index < -0.39 is 0 Å². The minimum absolute atomic E-state index is 0.0149. The van der Waals surface area contributed by atoms with Crippen LogP contribution in [0.1, 0.15) is 87.8 Å². The molecule has 0 spiro atoms. The van der Waals surface area contributed by atoms with Gasteiger partial charge < -0.3 is 10.6 Å². The Bertz CT molecular complexity index is 1250. The number of rotatable bonds is 13. The van der Waals surface area contributed by atoms with Crippen LogP contribution in [0.25, 0.3) is 0 Å². The second-order valence-corrected chi connectivity index (χ2v) is 11.5. The minimum Gasteiger partial charge on any atom is -0.301 e. The zero-order chi connectivity index (χ0) is 29.1. The van der Waals surface area contributed by atoms with Gasteiger partial charge in [-0.15, -0.1) is 20.4 Å². The largest absolute Gasteiger partial charge is 0.301 e. The number of amides is 2. The second kappa shape index (κ2) is 18.7. The van der Waals surface area contributed by atoms with Gasteiger partial charge in [0.2, 0.25) is 22.1 Å². The van der Waals surface area contributed by atoms with Crippen molar-refractivity contribution in [1.82, 2.24) is 25.4 Å². The van der Waals surface area contributed by atoms with E-state index in [2.05, 4.69) is 55.6 Å². The van der Waals surface area contributed by atoms with Crippen molar-refractivity contribution in [2.45, 2.75) is 83.5 Å². The number of hydrogen-bond donors (Lipinski definition) is 2. The van der Waals surface area contributed by atoms with Crippen molar-refractivity contribution < 1.29 is 9.59 Å². The predicted octanol–water partition coefficient (Wildman–Crippen LogP) is 7.28. The normalized spacial score (nSPS) is 13.8. The number of aromatic nitrogens is 5. The van der Waals surface area contributed by atoms with Gasteiger partial charge in [-0.3, -0.25) is 14.6 Å². The number of carbonyl (C=O) groups excluding carboxylic acids is 2. The summed E-state index contributed by atoms with van der Waals surface area (Å²) in [5.41, 5.74) is 3.78. The summed E-state index contributed by atoms with van der Waals surface area (Å²) in [4.78, 5) is 27.8. The maximum absolute atomic E-state index is 12.2. The van der Waals surface area contributed by atoms with Crippen molar-refractivity contribution in [2.24, 2.45) is 0 Å². The average molecular weight is 594 g/mol. The SMILES string of the molecule is C=C/C=C\C=C(/CCC)CCC(=O)Nc1nnc(C2CCCCC2)s1.O=C(CCc1ccccn1)Nc1nncs1. The summed E-state index contributed by atoms with van der Waals surface area (Å²) in [6, 6.07) is 5.66. The Morgan fingerprint density at radius 3 is 2.49 bits per heavy atom. The highest BCUT2D eigenvalue weighted by atomic mass is 32.1. The molecule has 1 fully saturated rings. The second-order valence-electron chi connectivity index (χ2n) is 9.64. The molecule has 2 N–H and O–H groups in total. The molecule has 0 unspecified atom stereocenters. The molecule has 4 rings (SSSR count). The molecule has 3 aromatic heterocycles. The lowest BCUT2D eigenvalue weighted by Crippen LogP contribution is -2.12. The van der Waals surface area contributed by atoms with Gasteiger partial charge in [0.1, 0.15) is 10.5 Å². The Kier molecular flexibility index (Phi) is 14.6. The van der Waals surface area contributed by atoms with Crippen molar-refractivity contribution in [3.63, 3.8) is 0 Å². The third-order valence-corrected chi connectivity index (χ3v) is 8.01. The van der Waals surface area contributed by atoms with E-state index in [1.165, 1.54) is 60.4 Å². The molecule has 3 aromatic rings. The fourth-order valence-corrected chi connectivity index (χ4v) is 5.73. The number of hydrogen-bond acceptors (Lipinski definition) is 9. The van der Waals surface area contributed by atoms with E-state index in [-0.39, 0.29) is 11.8 Å². The average Bonchev–Trinajstić information content (AvgIpc) is 3.69. The van der Waals surface area contributed by atoms with Crippen molar-refractivity contribution >= 4 is 44.8 Å². The lowest BCUT2D eigenvalue weighted by Gasteiger charge is -2.18. The van der Waals surface area contributed by atoms with Crippen LogP contribution in [0.3, 0.4) is 0 Å². The first-order valence-electron chi connectivity index (χ1n) is 14.1. The fraction of sp³-hybridized carbons (Fsp3) is 0.433. The smallest absolute Gasteiger partial charge is 0.226 e. The van der Waals surface area contributed by atoms with Crippen molar-refractivity contribution in [2.75, 3.05) is 10.6 Å². The number of nitrogens with one attached hydrogen (secondary N) is 2. The zero-order valence-corrected chi connectivity index (χ0v) is 25.3. The van der Waals surface area contributed by atoms with E-state index in [9.17, 15) is 9.59 Å². The van der Waals surface area contributed by atoms with Crippen LogP contribution in [-0.2, 0) is 16.0 Å². The van der Waals surface area contributed by atoms with Crippen molar-refractivity contribution in [1.29, 1.82) is 0 Å². The van der Waals surface area contributed by atoms with Gasteiger partial charge in [-0.25, -0.2) is 0 Å². The van der Waals surface area contributed by atoms with Crippen LogP contribution >= 0.6 is 22.7 Å². The first-order valence-corrected chi connectivity index (χ1v) is 15.8. The molecular formula is C30H39N7O2S2. The first kappa shape index (κ1) is 32.0. The molecule has 11 heteroatoms. The Morgan fingerprint density at radius 1 is 0.976 bits per heavy atom. The molecule has 3 heterocycles. The number of allylic oxidation sites excluding steroid dienone is 5. The van der Waals surface area contributed by atoms with Gasteiger partial charge in [0.15, 0.2) is 0 Å². The lowest BCUT2D eigenvalue weighted by atomic mass is 9.90. The number of anilines is 2. The third-order valence-electron chi connectivity index (χ3n) is 6.41. The standard InChI is InChI=1S/C20H29N3OS.C10H10N4OS/c1-3-5-7-11-16(10-4-2)14-15-18(24)21-20-23-22-19(25-20)17-12-8-6-9-13-17;15-9(13-10-14-12-7-16-10)5-4-8-3-1-2-6-11-8/h3,5,7,11,17H,1,4,6,8-10,12-15H2,2H3,(H,21,23,24);1-3,6-7H,4-5H2,(H,13,14,15)/b7-5-,16-11+;. The topological polar surface area (TPSA) is 123 Å². The van der Waals surface area contributed by atoms with Crippen molar-refractivity contribution in [3.05, 3.63) is 77.1 Å². The molecule has 0 radical (unpaired) electrons. The lowest BCUT2D eigenvalue weighted by molar-refractivity contribution is -0.117. The molecule has 1 aliphatic rings. The van der Waals surface area contributed by atoms with Crippen LogP contribution in [0, 0.1) is 0 Å². The van der Waals surface area contributed by atoms with E-state index in [0.717, 1.165) is 30.0 Å². The highest BCUT2D eigenvalue weighted by Gasteiger charge is 2.20. The molecule has 218 valence electrons. The summed E-state index contributed by atoms with van der Waals surface area (Å²) in [6.07, 6.45) is 20.1. The maximum atomic E-state index is 12.2. The summed E-state index contributed by atoms with van der Waals surface area (Å²) in [6.45, 7) is 5.82. The molecular weight excluding hydrogens is 555 g/mol. The van der Waals surface area contributed by atoms with E-state index >= 15 is 0 Å². The highest BCUT2D eigenvalue weighted by Crippen LogP contribution is 2.35. The molecule has 1 saturated carbocycles. The first-order chi connectivity index (χ1) is 20.1. The number of carbonyl (C=O) groups is 2. The summed E-state index contributed by atoms with van der Waals surface area (Å²) in [5, 5.41) is 23.6. The van der Waals surface area contributed by atoms with Crippen LogP contribution < -0.4 is 10.6 Å². The molecule has 0 atom stereocenters. The van der Waals surface area contributed by atoms with E-state index in [1.54, 1.807) is 17.8 Å². The van der Waals surface area contributed by atoms with Crippen LogP contribution in [0.4, 0.5) is 10.3 Å². The molecule has 2 amide bonds. The van der Waals surface area contributed by atoms with Crippen LogP contribution in [0.5, 0.6) is 0 Å². The highest BCUT2D eigenvalue weighted by molar-refractivity contribution is 7.15. The minimum atomic E-state index is -0.0672. The van der Waals surface area contributed by atoms with Crippen LogP contribution in [-0.4, -0.2) is 37.2 Å². The van der Waals surface area contributed by atoms with E-state index in [1.807, 2.05) is 30.4 Å². The van der Waals surface area contributed by atoms with Gasteiger partial charge in [0.25, 0.3) is 0 Å². The summed E-state index contributed by atoms with van der Waals surface area (Å²) in [7, 11) is 0. The number of aryl methyl sites for hydroxylation is 1. The van der Waals surface area contributed by atoms with Gasteiger partial charge in [-0.05, 0) is 44.2 Å². The van der Waals surface area contributed by atoms with E-state index in [0.29, 0.717) is 35.4 Å². The maximum Gasteiger partial charge on any atom is 0.226 e. The van der Waals surface area contributed by atoms with Crippen LogP contribution in [0.15, 0.2) is 66.4 Å². The molecule has 0 aromatic carbocycles. The Balaban J connectivity index is 0.000000248. The van der Waals surface area contributed by atoms with Gasteiger partial charge >= 0.3 is 0 Å². The Hall–Kier alpha value is -3.57. The summed E-state index contributed by atoms with van der Waals surface area (Å²) < 4.78 is 0. The van der Waals surface area contributed by atoms with E-state index in [4.69, 9.17) is 0 Å². The molecule has 0 aliphatic heterocycles. The molecule has 9 nitrogen and oxygen atoms in total. The Labute approximate surface area is 250 Å². The van der Waals surface area contributed by atoms with Gasteiger partial charge in [-0.1, -0.05) is 97.8 Å². The monoisotopic (exact) mass is 593 g/mol. The Morgan fingerprint density at radius 2 is 1.78 bits per heavy atom. The van der Waals surface area contributed by atoms with Gasteiger partial charge in [-0.2, -0.15) is 0 Å². The summed E-state index contributed by atoms with van der Waals surface area (Å²) in [5.74, 6) is 0.482. The summed E-state index contributed by atoms with van der Waals surface area (Å²) >= 11 is 2.84. The molecule has 1 aliphatic carbocycles. The fourth-order valence-electron chi connectivity index (χ4n) is 4.34. The predicted molar refractivity (Wildman–Crippen MR) is 167 cm³/mol. The third kappa shape index (κ3) is 12.6. The number of pyridine rings is 1.